The van der Waals surface area contributed by atoms with Crippen LogP contribution in [0, 0.1) is 0 Å². The second-order valence-corrected chi connectivity index (χ2v) is 6.65. The molecule has 2 heterocycles. The van der Waals surface area contributed by atoms with Crippen LogP contribution in [0.15, 0.2) is 0 Å². The van der Waals surface area contributed by atoms with Crippen molar-refractivity contribution in [1.29, 1.82) is 0 Å². The second kappa shape index (κ2) is 3.62. The number of fused-ring (bicyclic) bond motifs is 2. The van der Waals surface area contributed by atoms with Crippen molar-refractivity contribution >= 4 is 12.1 Å². The highest BCUT2D eigenvalue weighted by atomic mass is 16.6. The minimum atomic E-state index is -1.04. The number of carboxylic acids is 1. The van der Waals surface area contributed by atoms with E-state index in [0.29, 0.717) is 12.8 Å². The van der Waals surface area contributed by atoms with E-state index in [0.717, 1.165) is 12.8 Å². The minimum absolute atomic E-state index is 0.360. The highest BCUT2D eigenvalue weighted by molar-refractivity contribution is 5.87. The summed E-state index contributed by atoms with van der Waals surface area (Å²) in [5.41, 5.74) is -2.01. The van der Waals surface area contributed by atoms with E-state index in [9.17, 15) is 14.7 Å². The summed E-state index contributed by atoms with van der Waals surface area (Å²) in [5, 5.41) is 9.47. The molecular formula is C13H21NO4. The molecular weight excluding hydrogens is 234 g/mol. The van der Waals surface area contributed by atoms with Gasteiger partial charge in [0.05, 0.1) is 0 Å². The molecule has 0 spiro atoms. The zero-order valence-electron chi connectivity index (χ0n) is 11.4. The first-order valence-electron chi connectivity index (χ1n) is 6.38. The number of carbonyl (C=O) groups excluding carboxylic acids is 1. The first kappa shape index (κ1) is 13.2. The molecule has 0 unspecified atom stereocenters. The number of carbonyl (C=O) groups is 2. The maximum Gasteiger partial charge on any atom is 0.411 e. The first-order chi connectivity index (χ1) is 8.11. The topological polar surface area (TPSA) is 66.8 Å². The summed E-state index contributed by atoms with van der Waals surface area (Å²) >= 11 is 0. The van der Waals surface area contributed by atoms with Crippen LogP contribution in [0.1, 0.15) is 53.4 Å². The van der Waals surface area contributed by atoms with E-state index in [2.05, 4.69) is 0 Å². The molecule has 0 aliphatic carbocycles. The van der Waals surface area contributed by atoms with Crippen molar-refractivity contribution in [3.8, 4) is 0 Å². The van der Waals surface area contributed by atoms with Crippen molar-refractivity contribution in [3.05, 3.63) is 0 Å². The number of hydrogen-bond acceptors (Lipinski definition) is 3. The molecule has 5 nitrogen and oxygen atoms in total. The molecule has 18 heavy (non-hydrogen) atoms. The lowest BCUT2D eigenvalue weighted by Crippen LogP contribution is -2.54. The Bertz CT molecular complexity index is 388. The van der Waals surface area contributed by atoms with Gasteiger partial charge in [0.15, 0.2) is 0 Å². The van der Waals surface area contributed by atoms with Crippen LogP contribution in [0.3, 0.4) is 0 Å². The number of ether oxygens (including phenoxy) is 1. The average molecular weight is 255 g/mol. The summed E-state index contributed by atoms with van der Waals surface area (Å²) in [6, 6.07) is 0. The highest BCUT2D eigenvalue weighted by Gasteiger charge is 2.65. The molecule has 0 radical (unpaired) electrons. The van der Waals surface area contributed by atoms with E-state index in [1.165, 1.54) is 4.90 Å². The number of nitrogens with zero attached hydrogens (tertiary/aromatic N) is 1. The quantitative estimate of drug-likeness (QED) is 0.781. The van der Waals surface area contributed by atoms with Crippen LogP contribution in [0.5, 0.6) is 0 Å². The van der Waals surface area contributed by atoms with Crippen LogP contribution < -0.4 is 0 Å². The molecule has 1 amide bonds. The van der Waals surface area contributed by atoms with Gasteiger partial charge in [0.2, 0.25) is 0 Å². The van der Waals surface area contributed by atoms with Crippen LogP contribution in [0.2, 0.25) is 0 Å². The summed E-state index contributed by atoms with van der Waals surface area (Å²) in [7, 11) is 0. The maximum atomic E-state index is 12.3. The van der Waals surface area contributed by atoms with Gasteiger partial charge in [-0.15, -0.1) is 0 Å². The third kappa shape index (κ3) is 1.76. The van der Waals surface area contributed by atoms with Crippen molar-refractivity contribution in [2.45, 2.75) is 70.1 Å². The lowest BCUT2D eigenvalue weighted by atomic mass is 9.83. The largest absolute Gasteiger partial charge is 0.479 e. The van der Waals surface area contributed by atoms with Gasteiger partial charge in [-0.25, -0.2) is 9.59 Å². The molecule has 2 rings (SSSR count). The molecule has 0 aromatic rings. The van der Waals surface area contributed by atoms with Gasteiger partial charge in [-0.1, -0.05) is 0 Å². The van der Waals surface area contributed by atoms with Gasteiger partial charge in [-0.2, -0.15) is 0 Å². The number of aliphatic carboxylic acids is 1. The standard InChI is InChI=1S/C13H21NO4/c1-11(2,3)18-10(17)14-12(4)5-7-13(14,8-6-12)9(15)16/h5-8H2,1-4H3,(H,15,16). The maximum absolute atomic E-state index is 12.3. The Morgan fingerprint density at radius 3 is 2.06 bits per heavy atom. The molecule has 0 aromatic heterocycles. The van der Waals surface area contributed by atoms with E-state index in [-0.39, 0.29) is 5.54 Å². The van der Waals surface area contributed by atoms with E-state index in [4.69, 9.17) is 4.74 Å². The lowest BCUT2D eigenvalue weighted by Gasteiger charge is -2.36. The number of rotatable bonds is 1. The van der Waals surface area contributed by atoms with E-state index in [1.807, 2.05) is 6.92 Å². The molecule has 2 fully saturated rings. The van der Waals surface area contributed by atoms with Crippen molar-refractivity contribution in [2.24, 2.45) is 0 Å². The summed E-state index contributed by atoms with van der Waals surface area (Å²) in [4.78, 5) is 25.3. The third-order valence-electron chi connectivity index (χ3n) is 4.10. The average Bonchev–Trinajstić information content (AvgIpc) is 2.64. The van der Waals surface area contributed by atoms with Crippen LogP contribution in [-0.4, -0.2) is 38.7 Å². The fourth-order valence-corrected chi connectivity index (χ4v) is 3.18. The SMILES string of the molecule is CC(C)(C)OC(=O)N1C2(C)CCC1(C(=O)O)CC2. The van der Waals surface area contributed by atoms with Crippen molar-refractivity contribution in [1.82, 2.24) is 4.90 Å². The molecule has 0 atom stereocenters. The van der Waals surface area contributed by atoms with Gasteiger partial charge in [-0.3, -0.25) is 4.90 Å². The third-order valence-corrected chi connectivity index (χ3v) is 4.10. The van der Waals surface area contributed by atoms with Crippen LogP contribution in [0.4, 0.5) is 4.79 Å². The Balaban J connectivity index is 2.31. The molecule has 2 bridgehead atoms. The van der Waals surface area contributed by atoms with E-state index < -0.39 is 23.2 Å². The molecule has 0 saturated carbocycles. The summed E-state index contributed by atoms with van der Waals surface area (Å²) in [6.45, 7) is 7.32. The van der Waals surface area contributed by atoms with E-state index in [1.54, 1.807) is 20.8 Å². The normalized spacial score (nSPS) is 34.8. The Morgan fingerprint density at radius 2 is 1.67 bits per heavy atom. The number of carboxylic acid groups (broad SMARTS) is 1. The number of amides is 1. The predicted octanol–water partition coefficient (Wildman–Crippen LogP) is 2.39. The molecule has 2 aliphatic heterocycles. The fourth-order valence-electron chi connectivity index (χ4n) is 3.18. The Kier molecular flexibility index (Phi) is 2.65. The van der Waals surface area contributed by atoms with Crippen molar-refractivity contribution in [3.63, 3.8) is 0 Å². The summed E-state index contributed by atoms with van der Waals surface area (Å²) in [5.74, 6) is -0.908. The molecule has 0 aromatic carbocycles. The van der Waals surface area contributed by atoms with Gasteiger partial charge in [0.25, 0.3) is 0 Å². The van der Waals surface area contributed by atoms with Gasteiger partial charge in [0, 0.05) is 5.54 Å². The minimum Gasteiger partial charge on any atom is -0.479 e. The van der Waals surface area contributed by atoms with Crippen molar-refractivity contribution < 1.29 is 19.4 Å². The monoisotopic (exact) mass is 255 g/mol. The van der Waals surface area contributed by atoms with Gasteiger partial charge in [0.1, 0.15) is 11.1 Å². The van der Waals surface area contributed by atoms with Gasteiger partial charge < -0.3 is 9.84 Å². The molecule has 1 N–H and O–H groups in total. The summed E-state index contributed by atoms with van der Waals surface area (Å²) < 4.78 is 5.37. The van der Waals surface area contributed by atoms with Gasteiger partial charge >= 0.3 is 12.1 Å². The number of hydrogen-bond donors (Lipinski definition) is 1. The fraction of sp³-hybridized carbons (Fsp3) is 0.846. The molecule has 102 valence electrons. The smallest absolute Gasteiger partial charge is 0.411 e. The van der Waals surface area contributed by atoms with E-state index >= 15 is 0 Å². The molecule has 5 heteroatoms. The van der Waals surface area contributed by atoms with Crippen LogP contribution >= 0.6 is 0 Å². The Labute approximate surface area is 107 Å². The zero-order valence-corrected chi connectivity index (χ0v) is 11.4. The van der Waals surface area contributed by atoms with Crippen molar-refractivity contribution in [2.75, 3.05) is 0 Å². The molecule has 2 aliphatic rings. The van der Waals surface area contributed by atoms with Crippen LogP contribution in [-0.2, 0) is 9.53 Å². The predicted molar refractivity (Wildman–Crippen MR) is 65.3 cm³/mol. The summed E-state index contributed by atoms with van der Waals surface area (Å²) in [6.07, 6.45) is 2.02. The molecule has 2 saturated heterocycles. The van der Waals surface area contributed by atoms with Crippen LogP contribution in [0.25, 0.3) is 0 Å². The Morgan fingerprint density at radius 1 is 1.17 bits per heavy atom. The Hall–Kier alpha value is -1.26. The first-order valence-corrected chi connectivity index (χ1v) is 6.38. The second-order valence-electron chi connectivity index (χ2n) is 6.65. The highest BCUT2D eigenvalue weighted by Crippen LogP contribution is 2.53. The lowest BCUT2D eigenvalue weighted by molar-refractivity contribution is -0.149. The van der Waals surface area contributed by atoms with Gasteiger partial charge in [-0.05, 0) is 53.4 Å². The zero-order chi connectivity index (χ0) is 13.8.